The van der Waals surface area contributed by atoms with Gasteiger partial charge in [0.05, 0.1) is 33.1 Å². The average Bonchev–Trinajstić information content (AvgIpc) is 3.93. The molecule has 266 valence electrons. The normalized spacial score (nSPS) is 11.9. The quantitative estimate of drug-likeness (QED) is 0.168. The van der Waals surface area contributed by atoms with Crippen LogP contribution in [0.4, 0.5) is 0 Å². The van der Waals surface area contributed by atoms with E-state index in [4.69, 9.17) is 0 Å². The van der Waals surface area contributed by atoms with E-state index in [0.29, 0.717) is 0 Å². The van der Waals surface area contributed by atoms with Gasteiger partial charge in [-0.1, -0.05) is 140 Å². The molecule has 3 heterocycles. The lowest BCUT2D eigenvalue weighted by Crippen LogP contribution is -1.97. The predicted octanol–water partition coefficient (Wildman–Crippen LogP) is 14.3. The Balaban J connectivity index is 1.12. The number of para-hydroxylation sites is 6. The summed E-state index contributed by atoms with van der Waals surface area (Å²) >= 11 is 0. The van der Waals surface area contributed by atoms with E-state index in [9.17, 15) is 0 Å². The minimum absolute atomic E-state index is 1.15. The lowest BCUT2D eigenvalue weighted by atomic mass is 9.95. The molecule has 3 aromatic heterocycles. The van der Waals surface area contributed by atoms with Crippen LogP contribution in [0.1, 0.15) is 0 Å². The molecule has 0 amide bonds. The van der Waals surface area contributed by atoms with Crippen LogP contribution in [0.2, 0.25) is 0 Å². The third-order valence-electron chi connectivity index (χ3n) is 11.8. The molecule has 0 spiro atoms. The highest BCUT2D eigenvalue weighted by atomic mass is 15.0. The number of hydrogen-bond acceptors (Lipinski definition) is 0. The summed E-state index contributed by atoms with van der Waals surface area (Å²) in [5.74, 6) is 0. The second kappa shape index (κ2) is 12.5. The molecule has 0 bridgehead atoms. The lowest BCUT2D eigenvalue weighted by molar-refractivity contribution is 1.17. The van der Waals surface area contributed by atoms with Gasteiger partial charge in [-0.2, -0.15) is 0 Å². The fourth-order valence-corrected chi connectivity index (χ4v) is 9.38. The average molecular weight is 726 g/mol. The Labute approximate surface area is 329 Å². The fraction of sp³-hybridized carbons (Fsp3) is 0. The zero-order valence-electron chi connectivity index (χ0n) is 31.0. The van der Waals surface area contributed by atoms with Crippen LogP contribution >= 0.6 is 0 Å². The Bertz CT molecular complexity index is 3480. The molecular formula is C54H35N3. The molecule has 12 rings (SSSR count). The van der Waals surface area contributed by atoms with E-state index in [0.717, 1.165) is 11.4 Å². The Hall–Kier alpha value is -7.62. The summed E-state index contributed by atoms with van der Waals surface area (Å²) < 4.78 is 7.29. The third-order valence-corrected chi connectivity index (χ3v) is 11.8. The van der Waals surface area contributed by atoms with Crippen molar-refractivity contribution in [2.75, 3.05) is 0 Å². The first kappa shape index (κ1) is 31.7. The first-order valence-corrected chi connectivity index (χ1v) is 19.6. The molecule has 0 aliphatic rings. The van der Waals surface area contributed by atoms with Gasteiger partial charge < -0.3 is 13.7 Å². The molecule has 9 aromatic carbocycles. The maximum absolute atomic E-state index is 2.47. The van der Waals surface area contributed by atoms with Crippen molar-refractivity contribution in [3.63, 3.8) is 0 Å². The van der Waals surface area contributed by atoms with E-state index in [-0.39, 0.29) is 0 Å². The first-order valence-electron chi connectivity index (χ1n) is 19.6. The standard InChI is InChI=1S/C54H35N3/c1-4-16-39(17-5-1)55-47-25-13-10-22-42(47)46-34-38(32-33-50(46)55)36-28-30-37(31-29-36)45-35-51-52(43-23-11-14-26-48(43)56(51)40-18-6-2-7-19-40)53-44-24-12-15-27-49(44)57(54(45)53)41-20-8-3-9-21-41/h1-35H. The van der Waals surface area contributed by atoms with Crippen LogP contribution in [-0.2, 0) is 0 Å². The summed E-state index contributed by atoms with van der Waals surface area (Å²) in [7, 11) is 0. The third kappa shape index (κ3) is 4.73. The number of hydrogen-bond donors (Lipinski definition) is 0. The molecule has 0 N–H and O–H groups in total. The Morgan fingerprint density at radius 2 is 0.667 bits per heavy atom. The predicted molar refractivity (Wildman–Crippen MR) is 240 cm³/mol. The topological polar surface area (TPSA) is 14.8 Å². The van der Waals surface area contributed by atoms with E-state index in [1.165, 1.54) is 93.4 Å². The SMILES string of the molecule is c1ccc(-n2c3ccccc3c3cc(-c4ccc(-c5cc6c(c7ccccc7n6-c6ccccc6)c6c7ccccc7n(-c7ccccc7)c56)cc4)ccc32)cc1. The number of nitrogens with zero attached hydrogens (tertiary/aromatic N) is 3. The Kier molecular flexibility index (Phi) is 6.93. The van der Waals surface area contributed by atoms with Crippen LogP contribution in [-0.4, -0.2) is 13.7 Å². The molecule has 57 heavy (non-hydrogen) atoms. The van der Waals surface area contributed by atoms with Gasteiger partial charge in [0, 0.05) is 54.9 Å². The maximum atomic E-state index is 2.47. The van der Waals surface area contributed by atoms with Crippen molar-refractivity contribution in [2.24, 2.45) is 0 Å². The molecule has 0 aliphatic heterocycles. The summed E-state index contributed by atoms with van der Waals surface area (Å²) in [5, 5.41) is 7.56. The van der Waals surface area contributed by atoms with Crippen LogP contribution in [0.15, 0.2) is 212 Å². The van der Waals surface area contributed by atoms with Gasteiger partial charge in [0.25, 0.3) is 0 Å². The van der Waals surface area contributed by atoms with Gasteiger partial charge in [0.2, 0.25) is 0 Å². The van der Waals surface area contributed by atoms with Crippen molar-refractivity contribution < 1.29 is 0 Å². The van der Waals surface area contributed by atoms with Crippen molar-refractivity contribution in [1.82, 2.24) is 13.7 Å². The zero-order chi connectivity index (χ0) is 37.5. The number of rotatable bonds is 5. The van der Waals surface area contributed by atoms with Crippen molar-refractivity contribution in [2.45, 2.75) is 0 Å². The largest absolute Gasteiger partial charge is 0.309 e. The van der Waals surface area contributed by atoms with Crippen LogP contribution in [0, 0.1) is 0 Å². The van der Waals surface area contributed by atoms with Gasteiger partial charge in [0.1, 0.15) is 0 Å². The highest BCUT2D eigenvalue weighted by molar-refractivity contribution is 6.31. The van der Waals surface area contributed by atoms with Crippen LogP contribution in [0.3, 0.4) is 0 Å². The van der Waals surface area contributed by atoms with Gasteiger partial charge in [-0.25, -0.2) is 0 Å². The summed E-state index contributed by atoms with van der Waals surface area (Å²) in [6.07, 6.45) is 0. The van der Waals surface area contributed by atoms with Crippen molar-refractivity contribution in [3.8, 4) is 39.3 Å². The second-order valence-corrected chi connectivity index (χ2v) is 14.9. The van der Waals surface area contributed by atoms with Gasteiger partial charge in [0.15, 0.2) is 0 Å². The molecule has 0 saturated heterocycles. The van der Waals surface area contributed by atoms with E-state index in [1.807, 2.05) is 0 Å². The van der Waals surface area contributed by atoms with E-state index < -0.39 is 0 Å². The van der Waals surface area contributed by atoms with Gasteiger partial charge >= 0.3 is 0 Å². The number of aromatic nitrogens is 3. The summed E-state index contributed by atoms with van der Waals surface area (Å²) in [6.45, 7) is 0. The minimum Gasteiger partial charge on any atom is -0.309 e. The van der Waals surface area contributed by atoms with Gasteiger partial charge in [-0.15, -0.1) is 0 Å². The molecule has 0 radical (unpaired) electrons. The van der Waals surface area contributed by atoms with Crippen molar-refractivity contribution in [3.05, 3.63) is 212 Å². The van der Waals surface area contributed by atoms with Crippen LogP contribution in [0.5, 0.6) is 0 Å². The van der Waals surface area contributed by atoms with Crippen LogP contribution < -0.4 is 0 Å². The molecule has 3 nitrogen and oxygen atoms in total. The summed E-state index contributed by atoms with van der Waals surface area (Å²) in [5.41, 5.74) is 15.5. The Morgan fingerprint density at radius 3 is 1.28 bits per heavy atom. The molecule has 0 aliphatic carbocycles. The van der Waals surface area contributed by atoms with Crippen molar-refractivity contribution in [1.29, 1.82) is 0 Å². The molecule has 0 atom stereocenters. The lowest BCUT2D eigenvalue weighted by Gasteiger charge is -2.14. The van der Waals surface area contributed by atoms with Crippen LogP contribution in [0.25, 0.3) is 105 Å². The molecule has 12 aromatic rings. The van der Waals surface area contributed by atoms with E-state index >= 15 is 0 Å². The van der Waals surface area contributed by atoms with Gasteiger partial charge in [-0.3, -0.25) is 0 Å². The monoisotopic (exact) mass is 725 g/mol. The fourth-order valence-electron chi connectivity index (χ4n) is 9.38. The number of benzene rings is 9. The second-order valence-electron chi connectivity index (χ2n) is 14.9. The Morgan fingerprint density at radius 1 is 0.246 bits per heavy atom. The van der Waals surface area contributed by atoms with E-state index in [2.05, 4.69) is 226 Å². The molecule has 0 fully saturated rings. The molecule has 3 heteroatoms. The molecule has 0 saturated carbocycles. The molecule has 0 unspecified atom stereocenters. The van der Waals surface area contributed by atoms with E-state index in [1.54, 1.807) is 0 Å². The highest BCUT2D eigenvalue weighted by Crippen LogP contribution is 2.47. The molecular weight excluding hydrogens is 691 g/mol. The smallest absolute Gasteiger partial charge is 0.0627 e. The summed E-state index contributed by atoms with van der Waals surface area (Å²) in [6, 6.07) is 77.3. The van der Waals surface area contributed by atoms with Crippen molar-refractivity contribution >= 4 is 65.4 Å². The number of fused-ring (bicyclic) bond motifs is 10. The summed E-state index contributed by atoms with van der Waals surface area (Å²) in [4.78, 5) is 0. The first-order chi connectivity index (χ1) is 28.3. The zero-order valence-corrected chi connectivity index (χ0v) is 31.0. The highest BCUT2D eigenvalue weighted by Gasteiger charge is 2.24. The van der Waals surface area contributed by atoms with Gasteiger partial charge in [-0.05, 0) is 89.5 Å². The maximum Gasteiger partial charge on any atom is 0.0627 e. The minimum atomic E-state index is 1.15.